The van der Waals surface area contributed by atoms with Gasteiger partial charge in [0.2, 0.25) is 0 Å². The Morgan fingerprint density at radius 2 is 0.625 bits per heavy atom. The average Bonchev–Trinajstić information content (AvgIpc) is 2.93. The standard InChI is InChI=1S/C38H34Si2/c1-8-30-9-11-31(12-10-30)13-16-34-27-35(17-14-32-19-23-37(24-20-32)39(2,3)4)29-36(28-34)18-15-33-21-25-38(26-22-33)40(5,6)7/h1,9-12,19-29H,2-7H3. The van der Waals surface area contributed by atoms with Gasteiger partial charge in [-0.1, -0.05) is 115 Å². The van der Waals surface area contributed by atoms with Gasteiger partial charge in [-0.15, -0.1) is 6.42 Å². The molecule has 0 spiro atoms. The Labute approximate surface area is 242 Å². The molecule has 2 heteroatoms. The van der Waals surface area contributed by atoms with Crippen LogP contribution in [0.2, 0.25) is 39.3 Å². The van der Waals surface area contributed by atoms with E-state index in [1.165, 1.54) is 10.4 Å². The summed E-state index contributed by atoms with van der Waals surface area (Å²) >= 11 is 0. The molecule has 0 N–H and O–H groups in total. The predicted octanol–water partition coefficient (Wildman–Crippen LogP) is 6.96. The van der Waals surface area contributed by atoms with Gasteiger partial charge >= 0.3 is 0 Å². The van der Waals surface area contributed by atoms with Crippen LogP contribution in [-0.4, -0.2) is 16.1 Å². The molecule has 40 heavy (non-hydrogen) atoms. The number of terminal acetylenes is 1. The maximum absolute atomic E-state index is 5.48. The lowest BCUT2D eigenvalue weighted by Gasteiger charge is -2.15. The molecule has 194 valence electrons. The summed E-state index contributed by atoms with van der Waals surface area (Å²) in [6.07, 6.45) is 5.48. The summed E-state index contributed by atoms with van der Waals surface area (Å²) in [4.78, 5) is 0. The molecule has 4 aromatic rings. The number of hydrogen-bond acceptors (Lipinski definition) is 0. The molecule has 0 fully saturated rings. The molecule has 0 aliphatic rings. The number of hydrogen-bond donors (Lipinski definition) is 0. The SMILES string of the molecule is C#Cc1ccc(C#Cc2cc(C#Cc3ccc([Si](C)(C)C)cc3)cc(C#Cc3ccc([Si](C)(C)C)cc3)c2)cc1. The van der Waals surface area contributed by atoms with E-state index in [1.54, 1.807) is 0 Å². The van der Waals surface area contributed by atoms with Gasteiger partial charge < -0.3 is 0 Å². The Kier molecular flexibility index (Phi) is 8.68. The molecule has 4 rings (SSSR count). The maximum Gasteiger partial charge on any atom is 0.0775 e. The lowest BCUT2D eigenvalue weighted by Crippen LogP contribution is -2.37. The third-order valence-corrected chi connectivity index (χ3v) is 10.7. The highest BCUT2D eigenvalue weighted by Crippen LogP contribution is 2.11. The number of rotatable bonds is 2. The third kappa shape index (κ3) is 8.03. The minimum Gasteiger partial charge on any atom is -0.115 e. The van der Waals surface area contributed by atoms with Crippen molar-refractivity contribution >= 4 is 26.5 Å². The Bertz CT molecular complexity index is 1640. The summed E-state index contributed by atoms with van der Waals surface area (Å²) in [5, 5.41) is 2.86. The minimum absolute atomic E-state index is 0.844. The summed E-state index contributed by atoms with van der Waals surface area (Å²) in [6.45, 7) is 14.1. The van der Waals surface area contributed by atoms with E-state index in [4.69, 9.17) is 6.42 Å². The van der Waals surface area contributed by atoms with Crippen LogP contribution in [0.5, 0.6) is 0 Å². The molecule has 0 saturated heterocycles. The van der Waals surface area contributed by atoms with Crippen LogP contribution in [0.15, 0.2) is 91.0 Å². The Morgan fingerprint density at radius 3 is 0.900 bits per heavy atom. The zero-order chi connectivity index (χ0) is 28.8. The Balaban J connectivity index is 1.68. The highest BCUT2D eigenvalue weighted by molar-refractivity contribution is 6.89. The summed E-state index contributed by atoms with van der Waals surface area (Å²) < 4.78 is 0. The van der Waals surface area contributed by atoms with Gasteiger partial charge in [-0.25, -0.2) is 0 Å². The molecule has 0 radical (unpaired) electrons. The molecule has 0 aromatic heterocycles. The number of benzene rings is 4. The molecule has 4 aromatic carbocycles. The van der Waals surface area contributed by atoms with E-state index in [-0.39, 0.29) is 0 Å². The second-order valence-corrected chi connectivity index (χ2v) is 22.1. The fraction of sp³-hybridized carbons (Fsp3) is 0.158. The predicted molar refractivity (Wildman–Crippen MR) is 178 cm³/mol. The smallest absolute Gasteiger partial charge is 0.0775 e. The van der Waals surface area contributed by atoms with Crippen LogP contribution in [0.4, 0.5) is 0 Å². The van der Waals surface area contributed by atoms with Crippen molar-refractivity contribution in [3.8, 4) is 47.9 Å². The molecular weight excluding hydrogens is 513 g/mol. The van der Waals surface area contributed by atoms with Gasteiger partial charge in [0.05, 0.1) is 16.1 Å². The van der Waals surface area contributed by atoms with E-state index in [2.05, 4.69) is 129 Å². The van der Waals surface area contributed by atoms with Crippen LogP contribution in [0.3, 0.4) is 0 Å². The van der Waals surface area contributed by atoms with Crippen molar-refractivity contribution in [3.05, 3.63) is 130 Å². The summed E-state index contributed by atoms with van der Waals surface area (Å²) in [7, 11) is -2.67. The minimum atomic E-state index is -1.34. The summed E-state index contributed by atoms with van der Waals surface area (Å²) in [5.74, 6) is 22.5. The van der Waals surface area contributed by atoms with E-state index in [1.807, 2.05) is 42.5 Å². The van der Waals surface area contributed by atoms with Gasteiger partial charge in [-0.05, 0) is 66.7 Å². The molecule has 0 aliphatic carbocycles. The van der Waals surface area contributed by atoms with Gasteiger partial charge in [0.1, 0.15) is 0 Å². The van der Waals surface area contributed by atoms with Gasteiger partial charge in [0, 0.05) is 38.9 Å². The van der Waals surface area contributed by atoms with Crippen molar-refractivity contribution in [3.63, 3.8) is 0 Å². The van der Waals surface area contributed by atoms with Crippen LogP contribution >= 0.6 is 0 Å². The highest BCUT2D eigenvalue weighted by atomic mass is 28.3. The van der Waals surface area contributed by atoms with Crippen molar-refractivity contribution < 1.29 is 0 Å². The molecule has 0 heterocycles. The quantitative estimate of drug-likeness (QED) is 0.188. The second kappa shape index (κ2) is 12.2. The van der Waals surface area contributed by atoms with Crippen LogP contribution < -0.4 is 10.4 Å². The van der Waals surface area contributed by atoms with Gasteiger partial charge in [-0.2, -0.15) is 0 Å². The average molecular weight is 547 g/mol. The van der Waals surface area contributed by atoms with Crippen LogP contribution in [0.25, 0.3) is 0 Å². The van der Waals surface area contributed by atoms with E-state index >= 15 is 0 Å². The van der Waals surface area contributed by atoms with Crippen LogP contribution in [0.1, 0.15) is 38.9 Å². The Hall–Kier alpha value is -4.45. The van der Waals surface area contributed by atoms with E-state index in [0.717, 1.165) is 38.9 Å². The third-order valence-electron chi connectivity index (χ3n) is 6.54. The molecule has 0 bridgehead atoms. The highest BCUT2D eigenvalue weighted by Gasteiger charge is 2.16. The fourth-order valence-electron chi connectivity index (χ4n) is 4.03. The van der Waals surface area contributed by atoms with Crippen molar-refractivity contribution in [2.45, 2.75) is 39.3 Å². The van der Waals surface area contributed by atoms with E-state index in [0.29, 0.717) is 0 Å². The van der Waals surface area contributed by atoms with Crippen molar-refractivity contribution in [2.75, 3.05) is 0 Å². The first-order valence-corrected chi connectivity index (χ1v) is 20.5. The molecule has 0 aliphatic heterocycles. The first-order valence-electron chi connectivity index (χ1n) is 13.5. The molecule has 0 saturated carbocycles. The second-order valence-electron chi connectivity index (χ2n) is 11.9. The lowest BCUT2D eigenvalue weighted by molar-refractivity contribution is 1.54. The van der Waals surface area contributed by atoms with Crippen molar-refractivity contribution in [2.24, 2.45) is 0 Å². The lowest BCUT2D eigenvalue weighted by atomic mass is 10.0. The molecular formula is C38H34Si2. The monoisotopic (exact) mass is 546 g/mol. The molecule has 0 unspecified atom stereocenters. The van der Waals surface area contributed by atoms with Gasteiger partial charge in [0.15, 0.2) is 0 Å². The summed E-state index contributed by atoms with van der Waals surface area (Å²) in [5.41, 5.74) is 6.42. The van der Waals surface area contributed by atoms with E-state index in [9.17, 15) is 0 Å². The zero-order valence-electron chi connectivity index (χ0n) is 24.2. The maximum atomic E-state index is 5.48. The summed E-state index contributed by atoms with van der Waals surface area (Å²) in [6, 6.07) is 31.1. The topological polar surface area (TPSA) is 0 Å². The first-order chi connectivity index (χ1) is 19.0. The normalized spacial score (nSPS) is 10.6. The van der Waals surface area contributed by atoms with Crippen LogP contribution in [0, 0.1) is 47.9 Å². The Morgan fingerprint density at radius 1 is 0.375 bits per heavy atom. The van der Waals surface area contributed by atoms with Gasteiger partial charge in [-0.3, -0.25) is 0 Å². The molecule has 0 nitrogen and oxygen atoms in total. The van der Waals surface area contributed by atoms with E-state index < -0.39 is 16.1 Å². The van der Waals surface area contributed by atoms with Crippen molar-refractivity contribution in [1.82, 2.24) is 0 Å². The molecule has 0 amide bonds. The zero-order valence-corrected chi connectivity index (χ0v) is 26.2. The first kappa shape index (κ1) is 28.6. The fourth-order valence-corrected chi connectivity index (χ4v) is 6.37. The van der Waals surface area contributed by atoms with Gasteiger partial charge in [0.25, 0.3) is 0 Å². The van der Waals surface area contributed by atoms with Crippen LogP contribution in [-0.2, 0) is 0 Å². The largest absolute Gasteiger partial charge is 0.115 e. The molecule has 0 atom stereocenters. The van der Waals surface area contributed by atoms with Crippen molar-refractivity contribution in [1.29, 1.82) is 0 Å².